The molecule has 0 aliphatic heterocycles. The molecular formula is C16H23NO. The molecule has 1 aromatic rings. The van der Waals surface area contributed by atoms with Crippen LogP contribution in [-0.4, -0.2) is 5.78 Å². The Morgan fingerprint density at radius 3 is 2.39 bits per heavy atom. The van der Waals surface area contributed by atoms with Gasteiger partial charge in [0.25, 0.3) is 0 Å². The molecule has 1 aliphatic carbocycles. The maximum atomic E-state index is 12.4. The van der Waals surface area contributed by atoms with Gasteiger partial charge in [-0.2, -0.15) is 0 Å². The molecule has 2 rings (SSSR count). The summed E-state index contributed by atoms with van der Waals surface area (Å²) >= 11 is 0. The molecule has 1 atom stereocenters. The normalized spacial score (nSPS) is 25.7. The van der Waals surface area contributed by atoms with E-state index in [1.165, 1.54) is 19.3 Å². The summed E-state index contributed by atoms with van der Waals surface area (Å²) in [6.07, 6.45) is 5.67. The number of rotatable bonds is 4. The van der Waals surface area contributed by atoms with E-state index in [1.54, 1.807) is 0 Å². The third kappa shape index (κ3) is 2.99. The number of Topliss-reactive ketones (excluding diaryl/α,β-unsaturated/α-hetero) is 1. The molecule has 0 unspecified atom stereocenters. The highest BCUT2D eigenvalue weighted by Gasteiger charge is 2.29. The number of hydrogen-bond acceptors (Lipinski definition) is 2. The predicted octanol–water partition coefficient (Wildman–Crippen LogP) is 3.47. The lowest BCUT2D eigenvalue weighted by Crippen LogP contribution is -2.30. The van der Waals surface area contributed by atoms with Gasteiger partial charge in [-0.25, -0.2) is 0 Å². The molecule has 1 aromatic carbocycles. The second-order valence-electron chi connectivity index (χ2n) is 5.42. The molecule has 2 heteroatoms. The smallest absolute Gasteiger partial charge is 0.157 e. The van der Waals surface area contributed by atoms with Crippen LogP contribution in [0.4, 0.5) is 0 Å². The summed E-state index contributed by atoms with van der Waals surface area (Å²) in [5, 5.41) is 0. The van der Waals surface area contributed by atoms with Gasteiger partial charge >= 0.3 is 0 Å². The highest BCUT2D eigenvalue weighted by Crippen LogP contribution is 2.33. The Kier molecular flexibility index (Phi) is 4.54. The number of nitrogens with two attached hydrogens (primary N) is 1. The van der Waals surface area contributed by atoms with E-state index in [-0.39, 0.29) is 11.7 Å². The molecule has 0 bridgehead atoms. The monoisotopic (exact) mass is 245 g/mol. The van der Waals surface area contributed by atoms with E-state index in [0.717, 1.165) is 24.3 Å². The van der Waals surface area contributed by atoms with Gasteiger partial charge in [0.1, 0.15) is 0 Å². The van der Waals surface area contributed by atoms with Crippen LogP contribution in [0, 0.1) is 11.8 Å². The van der Waals surface area contributed by atoms with Crippen LogP contribution >= 0.6 is 0 Å². The van der Waals surface area contributed by atoms with Crippen molar-refractivity contribution in [3.63, 3.8) is 0 Å². The van der Waals surface area contributed by atoms with Crippen molar-refractivity contribution >= 4 is 5.78 Å². The van der Waals surface area contributed by atoms with Crippen molar-refractivity contribution in [2.24, 2.45) is 17.6 Å². The quantitative estimate of drug-likeness (QED) is 0.882. The predicted molar refractivity (Wildman–Crippen MR) is 74.1 cm³/mol. The fourth-order valence-electron chi connectivity index (χ4n) is 2.93. The second kappa shape index (κ2) is 6.14. The molecule has 0 heterocycles. The van der Waals surface area contributed by atoms with Gasteiger partial charge in [-0.05, 0) is 37.2 Å². The molecule has 0 aromatic heterocycles. The molecule has 0 amide bonds. The minimum atomic E-state index is -0.436. The Bertz CT molecular complexity index is 379. The highest BCUT2D eigenvalue weighted by molar-refractivity contribution is 5.87. The van der Waals surface area contributed by atoms with Gasteiger partial charge in [-0.15, -0.1) is 0 Å². The summed E-state index contributed by atoms with van der Waals surface area (Å²) in [6.45, 7) is 2.24. The molecule has 0 spiro atoms. The number of benzene rings is 1. The molecule has 0 saturated heterocycles. The van der Waals surface area contributed by atoms with Crippen molar-refractivity contribution in [2.45, 2.75) is 45.1 Å². The summed E-state index contributed by atoms with van der Waals surface area (Å²) in [5.41, 5.74) is 7.03. The van der Waals surface area contributed by atoms with Crippen molar-refractivity contribution in [1.29, 1.82) is 0 Å². The molecule has 2 nitrogen and oxygen atoms in total. The Morgan fingerprint density at radius 2 is 1.83 bits per heavy atom. The topological polar surface area (TPSA) is 43.1 Å². The molecule has 0 radical (unpaired) electrons. The van der Waals surface area contributed by atoms with E-state index in [4.69, 9.17) is 5.73 Å². The summed E-state index contributed by atoms with van der Waals surface area (Å²) in [6, 6.07) is 9.29. The van der Waals surface area contributed by atoms with Gasteiger partial charge in [-0.1, -0.05) is 43.7 Å². The van der Waals surface area contributed by atoms with Crippen LogP contribution < -0.4 is 5.73 Å². The number of carbonyl (C=O) groups excluding carboxylic acids is 1. The summed E-state index contributed by atoms with van der Waals surface area (Å²) in [4.78, 5) is 12.4. The molecule has 1 saturated carbocycles. The van der Waals surface area contributed by atoms with Gasteiger partial charge in [0.2, 0.25) is 0 Å². The van der Waals surface area contributed by atoms with Crippen LogP contribution in [-0.2, 0) is 4.79 Å². The zero-order chi connectivity index (χ0) is 13.0. The highest BCUT2D eigenvalue weighted by atomic mass is 16.1. The van der Waals surface area contributed by atoms with Crippen LogP contribution in [0.25, 0.3) is 0 Å². The van der Waals surface area contributed by atoms with Crippen LogP contribution in [0.1, 0.15) is 50.6 Å². The number of carbonyl (C=O) groups is 1. The first-order valence-electron chi connectivity index (χ1n) is 7.06. The second-order valence-corrected chi connectivity index (χ2v) is 5.42. The minimum absolute atomic E-state index is 0.183. The Hall–Kier alpha value is -1.15. The molecule has 1 aliphatic rings. The molecule has 98 valence electrons. The SMILES string of the molecule is CCC1CCC(C(=O)[C@H](N)c2ccccc2)CC1. The van der Waals surface area contributed by atoms with E-state index in [9.17, 15) is 4.79 Å². The summed E-state index contributed by atoms with van der Waals surface area (Å²) in [7, 11) is 0. The molecule has 1 fully saturated rings. The lowest BCUT2D eigenvalue weighted by molar-refractivity contribution is -0.125. The van der Waals surface area contributed by atoms with E-state index in [0.29, 0.717) is 0 Å². The van der Waals surface area contributed by atoms with Crippen LogP contribution in [0.15, 0.2) is 30.3 Å². The fourth-order valence-corrected chi connectivity index (χ4v) is 2.93. The first-order chi connectivity index (χ1) is 8.72. The fraction of sp³-hybridized carbons (Fsp3) is 0.562. The third-order valence-electron chi connectivity index (χ3n) is 4.29. The van der Waals surface area contributed by atoms with Crippen molar-refractivity contribution in [2.75, 3.05) is 0 Å². The zero-order valence-corrected chi connectivity index (χ0v) is 11.1. The summed E-state index contributed by atoms with van der Waals surface area (Å²) < 4.78 is 0. The lowest BCUT2D eigenvalue weighted by atomic mass is 9.77. The van der Waals surface area contributed by atoms with Crippen LogP contribution in [0.5, 0.6) is 0 Å². The van der Waals surface area contributed by atoms with Gasteiger partial charge < -0.3 is 5.73 Å². The lowest BCUT2D eigenvalue weighted by Gasteiger charge is -2.28. The van der Waals surface area contributed by atoms with E-state index < -0.39 is 6.04 Å². The first kappa shape index (κ1) is 13.3. The first-order valence-corrected chi connectivity index (χ1v) is 7.06. The van der Waals surface area contributed by atoms with Crippen molar-refractivity contribution in [3.8, 4) is 0 Å². The van der Waals surface area contributed by atoms with Gasteiger partial charge in [0.05, 0.1) is 6.04 Å². The Labute approximate surface area is 110 Å². The van der Waals surface area contributed by atoms with E-state index in [1.807, 2.05) is 30.3 Å². The van der Waals surface area contributed by atoms with Crippen molar-refractivity contribution in [3.05, 3.63) is 35.9 Å². The Balaban J connectivity index is 1.96. The Morgan fingerprint density at radius 1 is 1.22 bits per heavy atom. The van der Waals surface area contributed by atoms with Gasteiger partial charge in [0.15, 0.2) is 5.78 Å². The average Bonchev–Trinajstić information content (AvgIpc) is 2.47. The molecule has 18 heavy (non-hydrogen) atoms. The van der Waals surface area contributed by atoms with Crippen LogP contribution in [0.3, 0.4) is 0 Å². The minimum Gasteiger partial charge on any atom is -0.318 e. The van der Waals surface area contributed by atoms with E-state index in [2.05, 4.69) is 6.92 Å². The summed E-state index contributed by atoms with van der Waals surface area (Å²) in [5.74, 6) is 1.24. The maximum absolute atomic E-state index is 12.4. The van der Waals surface area contributed by atoms with Crippen LogP contribution in [0.2, 0.25) is 0 Å². The largest absolute Gasteiger partial charge is 0.318 e. The number of hydrogen-bond donors (Lipinski definition) is 1. The van der Waals surface area contributed by atoms with Crippen molar-refractivity contribution in [1.82, 2.24) is 0 Å². The van der Waals surface area contributed by atoms with Gasteiger partial charge in [0, 0.05) is 5.92 Å². The number of ketones is 1. The van der Waals surface area contributed by atoms with Crippen molar-refractivity contribution < 1.29 is 4.79 Å². The van der Waals surface area contributed by atoms with E-state index >= 15 is 0 Å². The van der Waals surface area contributed by atoms with Gasteiger partial charge in [-0.3, -0.25) is 4.79 Å². The third-order valence-corrected chi connectivity index (χ3v) is 4.29. The maximum Gasteiger partial charge on any atom is 0.157 e. The average molecular weight is 245 g/mol. The standard InChI is InChI=1S/C16H23NO/c1-2-12-8-10-14(11-9-12)16(18)15(17)13-6-4-3-5-7-13/h3-7,12,14-15H,2,8-11,17H2,1H3/t12?,14?,15-/m1/s1. The molecular weight excluding hydrogens is 222 g/mol. The zero-order valence-electron chi connectivity index (χ0n) is 11.1. The molecule has 2 N–H and O–H groups in total.